The van der Waals surface area contributed by atoms with Crippen molar-refractivity contribution in [3.8, 4) is 5.75 Å². The molecule has 0 unspecified atom stereocenters. The maximum absolute atomic E-state index is 14.2. The smallest absolute Gasteiger partial charge is 0.258 e. The number of hydrogen-bond donors (Lipinski definition) is 5. The van der Waals surface area contributed by atoms with E-state index >= 15 is 0 Å². The van der Waals surface area contributed by atoms with Crippen LogP contribution < -0.4 is 31.3 Å². The van der Waals surface area contributed by atoms with E-state index in [0.717, 1.165) is 5.56 Å². The summed E-state index contributed by atoms with van der Waals surface area (Å²) in [4.78, 5) is 82.8. The second-order valence-corrected chi connectivity index (χ2v) is 14.5. The van der Waals surface area contributed by atoms with Gasteiger partial charge in [-0.3, -0.25) is 28.8 Å². The third-order valence-corrected chi connectivity index (χ3v) is 9.33. The van der Waals surface area contributed by atoms with Gasteiger partial charge in [-0.15, -0.1) is 0 Å². The Labute approximate surface area is 312 Å². The van der Waals surface area contributed by atoms with Gasteiger partial charge in [0.25, 0.3) is 5.91 Å². The molecule has 1 fully saturated rings. The summed E-state index contributed by atoms with van der Waals surface area (Å²) in [6.07, 6.45) is 2.37. The van der Waals surface area contributed by atoms with Crippen LogP contribution in [-0.2, 0) is 30.4 Å². The van der Waals surface area contributed by atoms with Crippen LogP contribution in [0.1, 0.15) is 50.0 Å². The molecular formula is C35H46Cl2N6O7S. The highest BCUT2D eigenvalue weighted by Gasteiger charge is 2.33. The van der Waals surface area contributed by atoms with Gasteiger partial charge in [0.05, 0.1) is 30.3 Å². The van der Waals surface area contributed by atoms with Crippen molar-refractivity contribution in [3.05, 3.63) is 63.6 Å². The van der Waals surface area contributed by atoms with Gasteiger partial charge in [0.2, 0.25) is 29.5 Å². The van der Waals surface area contributed by atoms with Crippen LogP contribution in [0.25, 0.3) is 0 Å². The molecule has 1 saturated heterocycles. The summed E-state index contributed by atoms with van der Waals surface area (Å²) in [6.45, 7) is 5.70. The van der Waals surface area contributed by atoms with Gasteiger partial charge >= 0.3 is 0 Å². The number of halogens is 2. The second-order valence-electron chi connectivity index (χ2n) is 12.6. The summed E-state index contributed by atoms with van der Waals surface area (Å²) < 4.78 is 5.42. The molecule has 0 saturated carbocycles. The number of hydrogen-bond acceptors (Lipinski definition) is 8. The molecule has 278 valence electrons. The number of nitrogens with zero attached hydrogens (tertiary/aromatic N) is 1. The molecule has 2 aromatic carbocycles. The molecule has 0 spiro atoms. The second kappa shape index (κ2) is 19.6. The van der Waals surface area contributed by atoms with E-state index in [1.807, 2.05) is 36.6 Å². The SMILES string of the molecule is COc1c(Cl)cc(Cl)cc1C(=O)N1CC(=O)N[C@H](C)C(=O)N[C@@H](C(C)C)C(=O)N[C@@H](CCSC)C(=O)N[C@@H](C)C(=O)N[C@H](Cc2ccccc2)C1. The molecule has 3 rings (SSSR count). The van der Waals surface area contributed by atoms with Crippen molar-refractivity contribution in [1.29, 1.82) is 0 Å². The molecule has 5 atom stereocenters. The Bertz CT molecular complexity index is 1580. The van der Waals surface area contributed by atoms with Gasteiger partial charge in [-0.05, 0) is 62.3 Å². The van der Waals surface area contributed by atoms with Crippen molar-refractivity contribution in [2.24, 2.45) is 5.92 Å². The highest BCUT2D eigenvalue weighted by molar-refractivity contribution is 7.98. The predicted molar refractivity (Wildman–Crippen MR) is 198 cm³/mol. The topological polar surface area (TPSA) is 175 Å². The zero-order chi connectivity index (χ0) is 37.8. The third-order valence-electron chi connectivity index (χ3n) is 8.19. The summed E-state index contributed by atoms with van der Waals surface area (Å²) in [5, 5.41) is 13.9. The standard InChI is InChI=1S/C35H46Cl2N6O7S/c1-19(2)29-34(48)41-27(12-13-51-6)33(47)39-21(4)31(45)40-24(14-22-10-8-7-9-11-22)17-43(18-28(44)38-20(3)32(46)42-29)35(49)25-15-23(36)16-26(37)30(25)50-5/h7-11,15-16,19-21,24,27,29H,12-14,17-18H2,1-6H3,(H,38,44)(H,39,47)(H,40,45)(H,41,48)(H,42,46)/t20-,21+,24-,27+,29+/m1/s1. The van der Waals surface area contributed by atoms with Crippen molar-refractivity contribution >= 4 is 70.4 Å². The lowest BCUT2D eigenvalue weighted by molar-refractivity contribution is -0.135. The molecule has 51 heavy (non-hydrogen) atoms. The number of methoxy groups -OCH3 is 1. The monoisotopic (exact) mass is 764 g/mol. The van der Waals surface area contributed by atoms with Crippen molar-refractivity contribution in [2.75, 3.05) is 32.2 Å². The van der Waals surface area contributed by atoms with Gasteiger partial charge in [-0.2, -0.15) is 11.8 Å². The highest BCUT2D eigenvalue weighted by atomic mass is 35.5. The van der Waals surface area contributed by atoms with Crippen LogP contribution >= 0.6 is 35.0 Å². The normalized spacial score (nSPS) is 22.9. The predicted octanol–water partition coefficient (Wildman–Crippen LogP) is 2.57. The van der Waals surface area contributed by atoms with E-state index in [1.54, 1.807) is 13.8 Å². The van der Waals surface area contributed by atoms with Crippen LogP contribution in [0.3, 0.4) is 0 Å². The summed E-state index contributed by atoms with van der Waals surface area (Å²) in [5.74, 6) is -3.55. The van der Waals surface area contributed by atoms with Crippen LogP contribution in [0.4, 0.5) is 0 Å². The number of ether oxygens (including phenoxy) is 1. The minimum Gasteiger partial charge on any atom is -0.494 e. The number of rotatable bonds is 8. The fourth-order valence-electron chi connectivity index (χ4n) is 5.45. The zero-order valence-electron chi connectivity index (χ0n) is 29.5. The molecule has 16 heteroatoms. The van der Waals surface area contributed by atoms with Crippen molar-refractivity contribution in [3.63, 3.8) is 0 Å². The summed E-state index contributed by atoms with van der Waals surface area (Å²) in [7, 11) is 1.34. The molecule has 13 nitrogen and oxygen atoms in total. The molecule has 0 bridgehead atoms. The van der Waals surface area contributed by atoms with Gasteiger partial charge in [0.1, 0.15) is 29.9 Å². The molecule has 5 N–H and O–H groups in total. The number of benzene rings is 2. The van der Waals surface area contributed by atoms with E-state index in [0.29, 0.717) is 5.75 Å². The first-order valence-corrected chi connectivity index (χ1v) is 18.7. The minimum atomic E-state index is -1.12. The Kier molecular flexibility index (Phi) is 15.9. The molecule has 2 aromatic rings. The van der Waals surface area contributed by atoms with Gasteiger partial charge in [-0.1, -0.05) is 67.4 Å². The summed E-state index contributed by atoms with van der Waals surface area (Å²) >= 11 is 14.1. The van der Waals surface area contributed by atoms with Crippen LogP contribution in [0, 0.1) is 5.92 Å². The molecular weight excluding hydrogens is 719 g/mol. The van der Waals surface area contributed by atoms with Gasteiger partial charge in [-0.25, -0.2) is 0 Å². The van der Waals surface area contributed by atoms with E-state index in [-0.39, 0.29) is 46.7 Å². The maximum atomic E-state index is 14.2. The molecule has 6 amide bonds. The quantitative estimate of drug-likeness (QED) is 0.273. The van der Waals surface area contributed by atoms with E-state index in [1.165, 1.54) is 49.8 Å². The molecule has 0 radical (unpaired) electrons. The molecule has 1 aliphatic rings. The Morgan fingerprint density at radius 1 is 0.902 bits per heavy atom. The molecule has 0 aromatic heterocycles. The minimum absolute atomic E-state index is 0.0248. The average molecular weight is 766 g/mol. The van der Waals surface area contributed by atoms with Gasteiger partial charge in [0, 0.05) is 11.6 Å². The fourth-order valence-corrected chi connectivity index (χ4v) is 6.50. The van der Waals surface area contributed by atoms with E-state index in [4.69, 9.17) is 27.9 Å². The summed E-state index contributed by atoms with van der Waals surface area (Å²) in [5.41, 5.74) is 0.801. The third kappa shape index (κ3) is 12.0. The Morgan fingerprint density at radius 2 is 1.55 bits per heavy atom. The van der Waals surface area contributed by atoms with Crippen molar-refractivity contribution in [2.45, 2.75) is 70.7 Å². The first kappa shape index (κ1) is 41.4. The maximum Gasteiger partial charge on any atom is 0.258 e. The lowest BCUT2D eigenvalue weighted by atomic mass is 10.0. The zero-order valence-corrected chi connectivity index (χ0v) is 31.8. The summed E-state index contributed by atoms with van der Waals surface area (Å²) in [6, 6.07) is 7.00. The van der Waals surface area contributed by atoms with Crippen LogP contribution in [-0.4, -0.2) is 103 Å². The van der Waals surface area contributed by atoms with Gasteiger partial charge < -0.3 is 36.2 Å². The van der Waals surface area contributed by atoms with Crippen LogP contribution in [0.15, 0.2) is 42.5 Å². The number of amides is 6. The lowest BCUT2D eigenvalue weighted by Crippen LogP contribution is -2.60. The number of thioether (sulfide) groups is 1. The Morgan fingerprint density at radius 3 is 2.18 bits per heavy atom. The number of carbonyl (C=O) groups excluding carboxylic acids is 6. The fraction of sp³-hybridized carbons (Fsp3) is 0.486. The van der Waals surface area contributed by atoms with Crippen LogP contribution in [0.5, 0.6) is 5.75 Å². The van der Waals surface area contributed by atoms with Gasteiger partial charge in [0.15, 0.2) is 0 Å². The number of nitrogens with one attached hydrogen (secondary N) is 5. The lowest BCUT2D eigenvalue weighted by Gasteiger charge is -2.31. The largest absolute Gasteiger partial charge is 0.494 e. The molecule has 0 aliphatic carbocycles. The van der Waals surface area contributed by atoms with Crippen molar-refractivity contribution in [1.82, 2.24) is 31.5 Å². The van der Waals surface area contributed by atoms with E-state index < -0.39 is 72.2 Å². The van der Waals surface area contributed by atoms with E-state index in [9.17, 15) is 28.8 Å². The van der Waals surface area contributed by atoms with Crippen molar-refractivity contribution < 1.29 is 33.5 Å². The first-order valence-electron chi connectivity index (χ1n) is 16.5. The average Bonchev–Trinajstić information content (AvgIpc) is 3.07. The first-order chi connectivity index (χ1) is 24.1. The Balaban J connectivity index is 2.09. The molecule has 1 aliphatic heterocycles. The van der Waals surface area contributed by atoms with Crippen LogP contribution in [0.2, 0.25) is 10.0 Å². The Hall–Kier alpha value is -4.01. The highest BCUT2D eigenvalue weighted by Crippen LogP contribution is 2.33. The van der Waals surface area contributed by atoms with E-state index in [2.05, 4.69) is 26.6 Å². The number of carbonyl (C=O) groups is 6. The molecule has 1 heterocycles.